The monoisotopic (exact) mass is 543 g/mol. The van der Waals surface area contributed by atoms with E-state index in [1.165, 1.54) is 193 Å². The predicted octanol–water partition coefficient (Wildman–Crippen LogP) is 12.7. The van der Waals surface area contributed by atoms with Crippen molar-refractivity contribution in [3.63, 3.8) is 0 Å². The number of unbranched alkanes of at least 4 members (excludes halogenated alkanes) is 24. The molecule has 0 aromatic carbocycles. The SMILES string of the molecule is CCCCCCCCCCCCCc1cc(CCCCCCCCCCCCC)c[n+](CCCCCCC)c1. The van der Waals surface area contributed by atoms with Crippen LogP contribution in [0, 0.1) is 0 Å². The van der Waals surface area contributed by atoms with Crippen LogP contribution in [-0.4, -0.2) is 0 Å². The van der Waals surface area contributed by atoms with Crippen LogP contribution in [0.25, 0.3) is 0 Å². The van der Waals surface area contributed by atoms with Gasteiger partial charge in [-0.1, -0.05) is 168 Å². The van der Waals surface area contributed by atoms with Gasteiger partial charge < -0.3 is 0 Å². The van der Waals surface area contributed by atoms with Gasteiger partial charge in [-0.3, -0.25) is 0 Å². The maximum atomic E-state index is 2.56. The van der Waals surface area contributed by atoms with Crippen LogP contribution in [0.1, 0.15) is 205 Å². The summed E-state index contributed by atoms with van der Waals surface area (Å²) in [6.07, 6.45) is 45.9. The number of hydrogen-bond acceptors (Lipinski definition) is 0. The van der Waals surface area contributed by atoms with E-state index < -0.39 is 0 Å². The summed E-state index contributed by atoms with van der Waals surface area (Å²) in [5.41, 5.74) is 3.19. The molecule has 1 aromatic heterocycles. The minimum atomic E-state index is 1.21. The Balaban J connectivity index is 2.30. The number of nitrogens with zero attached hydrogens (tertiary/aromatic N) is 1. The van der Waals surface area contributed by atoms with Crippen molar-refractivity contribution in [3.8, 4) is 0 Å². The Bertz CT molecular complexity index is 577. The Labute approximate surface area is 247 Å². The molecule has 1 heterocycles. The molecule has 0 radical (unpaired) electrons. The molecule has 0 saturated carbocycles. The van der Waals surface area contributed by atoms with E-state index in [2.05, 4.69) is 43.8 Å². The van der Waals surface area contributed by atoms with Crippen LogP contribution in [0.2, 0.25) is 0 Å². The summed E-state index contributed by atoms with van der Waals surface area (Å²) < 4.78 is 2.55. The Morgan fingerprint density at radius 3 is 0.974 bits per heavy atom. The van der Waals surface area contributed by atoms with Crippen molar-refractivity contribution < 1.29 is 4.57 Å². The highest BCUT2D eigenvalue weighted by Crippen LogP contribution is 2.16. The van der Waals surface area contributed by atoms with E-state index in [1.54, 1.807) is 11.1 Å². The topological polar surface area (TPSA) is 3.88 Å². The van der Waals surface area contributed by atoms with Crippen molar-refractivity contribution in [1.82, 2.24) is 0 Å². The Hall–Kier alpha value is -0.850. The van der Waals surface area contributed by atoms with Crippen molar-refractivity contribution in [2.75, 3.05) is 0 Å². The summed E-state index contributed by atoms with van der Waals surface area (Å²) in [5, 5.41) is 0. The molecular weight excluding hydrogens is 470 g/mol. The molecule has 0 bridgehead atoms. The summed E-state index contributed by atoms with van der Waals surface area (Å²) in [5.74, 6) is 0. The summed E-state index contributed by atoms with van der Waals surface area (Å²) in [4.78, 5) is 0. The van der Waals surface area contributed by atoms with Crippen molar-refractivity contribution in [2.45, 2.75) is 214 Å². The van der Waals surface area contributed by atoms with Gasteiger partial charge >= 0.3 is 0 Å². The quantitative estimate of drug-likeness (QED) is 0.0672. The highest BCUT2D eigenvalue weighted by atomic mass is 14.9. The fraction of sp³-hybridized carbons (Fsp3) is 0.868. The highest BCUT2D eigenvalue weighted by molar-refractivity contribution is 5.15. The largest absolute Gasteiger partial charge is 0.205 e. The maximum Gasteiger partial charge on any atom is 0.171 e. The summed E-state index contributed by atoms with van der Waals surface area (Å²) in [7, 11) is 0. The average molecular weight is 543 g/mol. The van der Waals surface area contributed by atoms with Crippen LogP contribution in [0.3, 0.4) is 0 Å². The van der Waals surface area contributed by atoms with E-state index in [-0.39, 0.29) is 0 Å². The van der Waals surface area contributed by atoms with Crippen molar-refractivity contribution >= 4 is 0 Å². The number of pyridine rings is 1. The second-order valence-electron chi connectivity index (χ2n) is 12.8. The molecular formula is C38H72N+. The molecule has 39 heavy (non-hydrogen) atoms. The first kappa shape index (κ1) is 36.2. The van der Waals surface area contributed by atoms with Gasteiger partial charge in [-0.05, 0) is 38.2 Å². The normalized spacial score (nSPS) is 11.5. The van der Waals surface area contributed by atoms with Crippen molar-refractivity contribution in [2.24, 2.45) is 0 Å². The molecule has 1 heteroatoms. The third kappa shape index (κ3) is 23.5. The van der Waals surface area contributed by atoms with Gasteiger partial charge in [-0.2, -0.15) is 0 Å². The maximum absolute atomic E-state index is 2.56. The van der Waals surface area contributed by atoms with E-state index in [9.17, 15) is 0 Å². The standard InChI is InChI=1S/C38H72N/c1-4-7-10-13-15-17-19-21-23-25-28-31-37-34-38(36-39(35-37)33-30-27-12-9-6-3)32-29-26-24-22-20-18-16-14-11-8-5-2/h34-36H,4-33H2,1-3H3/q+1. The van der Waals surface area contributed by atoms with E-state index in [0.717, 1.165) is 0 Å². The lowest BCUT2D eigenvalue weighted by atomic mass is 10.0. The summed E-state index contributed by atoms with van der Waals surface area (Å²) in [6, 6.07) is 2.56. The number of hydrogen-bond donors (Lipinski definition) is 0. The molecule has 0 spiro atoms. The molecule has 0 N–H and O–H groups in total. The van der Waals surface area contributed by atoms with Gasteiger partial charge in [-0.25, -0.2) is 4.57 Å². The molecule has 0 unspecified atom stereocenters. The summed E-state index contributed by atoms with van der Waals surface area (Å²) >= 11 is 0. The first-order valence-corrected chi connectivity index (χ1v) is 18.3. The van der Waals surface area contributed by atoms with Crippen molar-refractivity contribution in [1.29, 1.82) is 0 Å². The fourth-order valence-corrected chi connectivity index (χ4v) is 6.06. The number of aromatic nitrogens is 1. The van der Waals surface area contributed by atoms with Crippen LogP contribution in [0.5, 0.6) is 0 Å². The van der Waals surface area contributed by atoms with E-state index >= 15 is 0 Å². The highest BCUT2D eigenvalue weighted by Gasteiger charge is 2.08. The summed E-state index contributed by atoms with van der Waals surface area (Å²) in [6.45, 7) is 8.14. The molecule has 0 fully saturated rings. The minimum absolute atomic E-state index is 1.21. The third-order valence-corrected chi connectivity index (χ3v) is 8.69. The zero-order valence-electron chi connectivity index (χ0n) is 27.4. The zero-order valence-corrected chi connectivity index (χ0v) is 27.4. The third-order valence-electron chi connectivity index (χ3n) is 8.69. The lowest BCUT2D eigenvalue weighted by Crippen LogP contribution is -2.34. The fourth-order valence-electron chi connectivity index (χ4n) is 6.06. The van der Waals surface area contributed by atoms with Crippen LogP contribution in [0.15, 0.2) is 18.5 Å². The van der Waals surface area contributed by atoms with Crippen LogP contribution in [0.4, 0.5) is 0 Å². The first-order chi connectivity index (χ1) is 19.3. The van der Waals surface area contributed by atoms with Gasteiger partial charge in [0.25, 0.3) is 0 Å². The number of rotatable bonds is 30. The molecule has 0 amide bonds. The Morgan fingerprint density at radius 1 is 0.359 bits per heavy atom. The molecule has 0 aliphatic carbocycles. The lowest BCUT2D eigenvalue weighted by molar-refractivity contribution is -0.698. The smallest absolute Gasteiger partial charge is 0.171 e. The minimum Gasteiger partial charge on any atom is -0.205 e. The molecule has 0 aliphatic heterocycles. The van der Waals surface area contributed by atoms with Crippen molar-refractivity contribution in [3.05, 3.63) is 29.6 Å². The molecule has 0 aliphatic rings. The lowest BCUT2D eigenvalue weighted by Gasteiger charge is -2.07. The molecule has 1 aromatic rings. The van der Waals surface area contributed by atoms with E-state index in [1.807, 2.05) is 0 Å². The predicted molar refractivity (Wildman–Crippen MR) is 176 cm³/mol. The van der Waals surface area contributed by atoms with Gasteiger partial charge in [0.1, 0.15) is 6.54 Å². The average Bonchev–Trinajstić information content (AvgIpc) is 2.94. The van der Waals surface area contributed by atoms with Gasteiger partial charge in [0.2, 0.25) is 0 Å². The Morgan fingerprint density at radius 2 is 0.641 bits per heavy atom. The van der Waals surface area contributed by atoms with E-state index in [4.69, 9.17) is 0 Å². The van der Waals surface area contributed by atoms with Crippen LogP contribution in [-0.2, 0) is 19.4 Å². The van der Waals surface area contributed by atoms with Gasteiger partial charge in [0.05, 0.1) is 0 Å². The van der Waals surface area contributed by atoms with Gasteiger partial charge in [0, 0.05) is 17.5 Å². The zero-order chi connectivity index (χ0) is 28.1. The molecule has 0 atom stereocenters. The molecule has 0 saturated heterocycles. The van der Waals surface area contributed by atoms with Crippen LogP contribution < -0.4 is 4.57 Å². The van der Waals surface area contributed by atoms with E-state index in [0.29, 0.717) is 0 Å². The molecule has 1 rings (SSSR count). The second-order valence-corrected chi connectivity index (χ2v) is 12.8. The van der Waals surface area contributed by atoms with Gasteiger partial charge in [-0.15, -0.1) is 0 Å². The molecule has 228 valence electrons. The second kappa shape index (κ2) is 28.7. The first-order valence-electron chi connectivity index (χ1n) is 18.3. The molecule has 1 nitrogen and oxygen atoms in total. The number of aryl methyl sites for hydroxylation is 3. The van der Waals surface area contributed by atoms with Gasteiger partial charge in [0.15, 0.2) is 12.4 Å². The van der Waals surface area contributed by atoms with Crippen LogP contribution >= 0.6 is 0 Å². The Kier molecular flexibility index (Phi) is 26.6.